The highest BCUT2D eigenvalue weighted by Crippen LogP contribution is 2.29. The fourth-order valence-corrected chi connectivity index (χ4v) is 3.44. The Balaban J connectivity index is 2.30. The van der Waals surface area contributed by atoms with Gasteiger partial charge in [0.1, 0.15) is 0 Å². The van der Waals surface area contributed by atoms with E-state index in [1.54, 1.807) is 38.1 Å². The molecule has 1 heterocycles. The summed E-state index contributed by atoms with van der Waals surface area (Å²) >= 11 is 7.17. The van der Waals surface area contributed by atoms with Gasteiger partial charge >= 0.3 is 18.0 Å². The maximum Gasteiger partial charge on any atom is 0.338 e. The topological polar surface area (TPSA) is 93.7 Å². The summed E-state index contributed by atoms with van der Waals surface area (Å²) in [5.74, 6) is -0.515. The molecule has 1 aliphatic heterocycles. The lowest BCUT2D eigenvalue weighted by molar-refractivity contribution is -0.140. The number of hydrogen-bond acceptors (Lipinski definition) is 6. The molecule has 0 fully saturated rings. The number of urea groups is 1. The molecule has 7 nitrogen and oxygen atoms in total. The number of amides is 2. The summed E-state index contributed by atoms with van der Waals surface area (Å²) in [5.41, 5.74) is 1.41. The molecule has 1 aromatic rings. The molecule has 0 radical (unpaired) electrons. The second-order valence-electron chi connectivity index (χ2n) is 5.49. The van der Waals surface area contributed by atoms with Crippen LogP contribution in [0.3, 0.4) is 0 Å². The summed E-state index contributed by atoms with van der Waals surface area (Å²) in [7, 11) is 0. The summed E-state index contributed by atoms with van der Waals surface area (Å²) in [6.45, 7) is 3.94. The Morgan fingerprint density at radius 3 is 2.44 bits per heavy atom. The molecule has 1 aliphatic rings. The van der Waals surface area contributed by atoms with E-state index < -0.39 is 18.0 Å². The summed E-state index contributed by atoms with van der Waals surface area (Å²) in [6.07, 6.45) is 0. The van der Waals surface area contributed by atoms with Crippen LogP contribution in [-0.4, -0.2) is 42.7 Å². The van der Waals surface area contributed by atoms with E-state index in [9.17, 15) is 14.4 Å². The number of hydrogen-bond donors (Lipinski definition) is 2. The van der Waals surface area contributed by atoms with E-state index in [2.05, 4.69) is 10.6 Å². The Kier molecular flexibility index (Phi) is 7.99. The number of rotatable bonds is 8. The fourth-order valence-electron chi connectivity index (χ4n) is 2.53. The van der Waals surface area contributed by atoms with Gasteiger partial charge in [-0.25, -0.2) is 9.59 Å². The van der Waals surface area contributed by atoms with Crippen molar-refractivity contribution in [3.8, 4) is 0 Å². The maximum atomic E-state index is 12.6. The van der Waals surface area contributed by atoms with E-state index in [0.29, 0.717) is 28.5 Å². The van der Waals surface area contributed by atoms with Crippen molar-refractivity contribution in [3.63, 3.8) is 0 Å². The largest absolute Gasteiger partial charge is 0.465 e. The van der Waals surface area contributed by atoms with Crippen LogP contribution in [-0.2, 0) is 19.1 Å². The third kappa shape index (κ3) is 5.90. The molecule has 0 aromatic heterocycles. The van der Waals surface area contributed by atoms with Crippen LogP contribution in [0.2, 0.25) is 5.02 Å². The molecule has 0 bridgehead atoms. The predicted molar refractivity (Wildman–Crippen MR) is 103 cm³/mol. The SMILES string of the molecule is CCOC(=O)CSCC1=C(C(=O)OCC)C(c2ccc(Cl)cc2)NC(=O)N1. The average molecular weight is 413 g/mol. The Morgan fingerprint density at radius 2 is 1.81 bits per heavy atom. The van der Waals surface area contributed by atoms with Crippen LogP contribution in [0, 0.1) is 0 Å². The van der Waals surface area contributed by atoms with Gasteiger partial charge in [0, 0.05) is 16.5 Å². The molecular weight excluding hydrogens is 392 g/mol. The minimum Gasteiger partial charge on any atom is -0.465 e. The number of thioether (sulfide) groups is 1. The highest BCUT2D eigenvalue weighted by molar-refractivity contribution is 8.00. The van der Waals surface area contributed by atoms with Gasteiger partial charge in [0.05, 0.1) is 30.6 Å². The molecular formula is C18H21ClN2O5S. The maximum absolute atomic E-state index is 12.6. The van der Waals surface area contributed by atoms with E-state index in [-0.39, 0.29) is 24.1 Å². The van der Waals surface area contributed by atoms with E-state index in [0.717, 1.165) is 0 Å². The first-order valence-corrected chi connectivity index (χ1v) is 9.96. The second kappa shape index (κ2) is 10.2. The van der Waals surface area contributed by atoms with Crippen LogP contribution in [0.15, 0.2) is 35.5 Å². The summed E-state index contributed by atoms with van der Waals surface area (Å²) < 4.78 is 10.1. The molecule has 1 atom stereocenters. The standard InChI is InChI=1S/C18H21ClN2O5S/c1-3-25-14(22)10-27-9-13-15(17(23)26-4-2)16(21-18(24)20-13)11-5-7-12(19)8-6-11/h5-8,16H,3-4,9-10H2,1-2H3,(H2,20,21,24). The lowest BCUT2D eigenvalue weighted by Crippen LogP contribution is -2.46. The molecule has 0 spiro atoms. The van der Waals surface area contributed by atoms with E-state index in [4.69, 9.17) is 21.1 Å². The molecule has 2 amide bonds. The lowest BCUT2D eigenvalue weighted by atomic mass is 9.95. The van der Waals surface area contributed by atoms with Crippen LogP contribution >= 0.6 is 23.4 Å². The van der Waals surface area contributed by atoms with Gasteiger partial charge < -0.3 is 20.1 Å². The van der Waals surface area contributed by atoms with Gasteiger partial charge in [-0.2, -0.15) is 0 Å². The number of carbonyl (C=O) groups is 3. The average Bonchev–Trinajstić information content (AvgIpc) is 2.62. The molecule has 0 aliphatic carbocycles. The predicted octanol–water partition coefficient (Wildman–Crippen LogP) is 2.81. The molecule has 2 rings (SSSR count). The van der Waals surface area contributed by atoms with E-state index in [1.807, 2.05) is 0 Å². The van der Waals surface area contributed by atoms with Gasteiger partial charge in [-0.15, -0.1) is 11.8 Å². The van der Waals surface area contributed by atoms with Crippen molar-refractivity contribution in [2.45, 2.75) is 19.9 Å². The van der Waals surface area contributed by atoms with Gasteiger partial charge in [0.2, 0.25) is 0 Å². The smallest absolute Gasteiger partial charge is 0.338 e. The monoisotopic (exact) mass is 412 g/mol. The lowest BCUT2D eigenvalue weighted by Gasteiger charge is -2.29. The van der Waals surface area contributed by atoms with Crippen molar-refractivity contribution in [2.24, 2.45) is 0 Å². The third-order valence-electron chi connectivity index (χ3n) is 3.62. The van der Waals surface area contributed by atoms with Gasteiger partial charge in [-0.1, -0.05) is 23.7 Å². The summed E-state index contributed by atoms with van der Waals surface area (Å²) in [5, 5.41) is 5.94. The number of benzene rings is 1. The van der Waals surface area contributed by atoms with Crippen LogP contribution in [0.5, 0.6) is 0 Å². The summed E-state index contributed by atoms with van der Waals surface area (Å²) in [4.78, 5) is 36.2. The number of carbonyl (C=O) groups excluding carboxylic acids is 3. The number of esters is 2. The zero-order chi connectivity index (χ0) is 19.8. The van der Waals surface area contributed by atoms with Crippen molar-refractivity contribution in [1.29, 1.82) is 0 Å². The molecule has 0 saturated heterocycles. The van der Waals surface area contributed by atoms with Crippen molar-refractivity contribution in [3.05, 3.63) is 46.1 Å². The van der Waals surface area contributed by atoms with Crippen LogP contribution in [0.1, 0.15) is 25.5 Å². The quantitative estimate of drug-likeness (QED) is 0.638. The molecule has 9 heteroatoms. The Hall–Kier alpha value is -2.19. The number of nitrogens with one attached hydrogen (secondary N) is 2. The minimum absolute atomic E-state index is 0.113. The Bertz CT molecular complexity index is 736. The third-order valence-corrected chi connectivity index (χ3v) is 4.81. The van der Waals surface area contributed by atoms with Crippen molar-refractivity contribution < 1.29 is 23.9 Å². The summed E-state index contributed by atoms with van der Waals surface area (Å²) in [6, 6.07) is 5.73. The van der Waals surface area contributed by atoms with Gasteiger partial charge in [-0.3, -0.25) is 4.79 Å². The zero-order valence-corrected chi connectivity index (χ0v) is 16.6. The molecule has 1 unspecified atom stereocenters. The van der Waals surface area contributed by atoms with Crippen LogP contribution in [0.4, 0.5) is 4.79 Å². The molecule has 0 saturated carbocycles. The fraction of sp³-hybridized carbons (Fsp3) is 0.389. The van der Waals surface area contributed by atoms with Crippen molar-refractivity contribution in [2.75, 3.05) is 24.7 Å². The van der Waals surface area contributed by atoms with Crippen molar-refractivity contribution in [1.82, 2.24) is 10.6 Å². The van der Waals surface area contributed by atoms with Gasteiger partial charge in [0.15, 0.2) is 0 Å². The number of ether oxygens (including phenoxy) is 2. The molecule has 1 aromatic carbocycles. The van der Waals surface area contributed by atoms with E-state index in [1.165, 1.54) is 11.8 Å². The first-order valence-electron chi connectivity index (χ1n) is 8.42. The van der Waals surface area contributed by atoms with Crippen LogP contribution in [0.25, 0.3) is 0 Å². The first kappa shape index (κ1) is 21.1. The number of halogens is 1. The van der Waals surface area contributed by atoms with Crippen LogP contribution < -0.4 is 10.6 Å². The Labute approximate surface area is 166 Å². The van der Waals surface area contributed by atoms with Gasteiger partial charge in [0.25, 0.3) is 0 Å². The second-order valence-corrected chi connectivity index (χ2v) is 6.92. The molecule has 146 valence electrons. The van der Waals surface area contributed by atoms with Gasteiger partial charge in [-0.05, 0) is 31.5 Å². The van der Waals surface area contributed by atoms with E-state index >= 15 is 0 Å². The zero-order valence-electron chi connectivity index (χ0n) is 15.0. The highest BCUT2D eigenvalue weighted by Gasteiger charge is 2.33. The van der Waals surface area contributed by atoms with Crippen molar-refractivity contribution >= 4 is 41.3 Å². The Morgan fingerprint density at radius 1 is 1.15 bits per heavy atom. The molecule has 2 N–H and O–H groups in total. The highest BCUT2D eigenvalue weighted by atomic mass is 35.5. The minimum atomic E-state index is -0.673. The molecule has 27 heavy (non-hydrogen) atoms. The first-order chi connectivity index (χ1) is 13.0. The normalized spacial score (nSPS) is 16.4.